The zero-order chi connectivity index (χ0) is 13.7. The van der Waals surface area contributed by atoms with Crippen LogP contribution in [0.25, 0.3) is 0 Å². The normalized spacial score (nSPS) is 11.5. The number of thiazole rings is 1. The van der Waals surface area contributed by atoms with E-state index < -0.39 is 11.9 Å². The highest BCUT2D eigenvalue weighted by Crippen LogP contribution is 2.32. The molecule has 0 fully saturated rings. The maximum absolute atomic E-state index is 12.2. The van der Waals surface area contributed by atoms with E-state index in [9.17, 15) is 13.2 Å². The van der Waals surface area contributed by atoms with E-state index in [1.54, 1.807) is 29.8 Å². The number of para-hydroxylation sites is 1. The summed E-state index contributed by atoms with van der Waals surface area (Å²) in [7, 11) is 0. The second-order valence-electron chi connectivity index (χ2n) is 3.73. The summed E-state index contributed by atoms with van der Waals surface area (Å²) in [5.74, 6) is -0.887. The number of nitrogens with one attached hydrogen (secondary N) is 1. The third-order valence-electron chi connectivity index (χ3n) is 2.22. The van der Waals surface area contributed by atoms with Crippen molar-refractivity contribution >= 4 is 28.8 Å². The van der Waals surface area contributed by atoms with Gasteiger partial charge in [-0.3, -0.25) is 0 Å². The number of alkyl halides is 3. The van der Waals surface area contributed by atoms with Gasteiger partial charge in [-0.1, -0.05) is 12.1 Å². The fourth-order valence-corrected chi connectivity index (χ4v) is 2.76. The van der Waals surface area contributed by atoms with Gasteiger partial charge in [0.15, 0.2) is 0 Å². The van der Waals surface area contributed by atoms with E-state index in [4.69, 9.17) is 0 Å². The number of halogens is 3. The predicted octanol–water partition coefficient (Wildman–Crippen LogP) is 4.41. The monoisotopic (exact) mass is 304 g/mol. The summed E-state index contributed by atoms with van der Waals surface area (Å²) >= 11 is 2.27. The van der Waals surface area contributed by atoms with Gasteiger partial charge in [0.25, 0.3) is 0 Å². The third kappa shape index (κ3) is 4.76. The average Bonchev–Trinajstić information content (AvgIpc) is 2.87. The molecule has 0 aliphatic carbocycles. The van der Waals surface area contributed by atoms with Crippen molar-refractivity contribution in [2.45, 2.75) is 17.6 Å². The molecule has 102 valence electrons. The molecule has 0 saturated carbocycles. The van der Waals surface area contributed by atoms with Gasteiger partial charge >= 0.3 is 6.18 Å². The molecule has 0 aliphatic rings. The summed E-state index contributed by atoms with van der Waals surface area (Å²) in [6.45, 7) is 0.507. The van der Waals surface area contributed by atoms with Crippen molar-refractivity contribution in [1.82, 2.24) is 4.98 Å². The van der Waals surface area contributed by atoms with Crippen LogP contribution in [0.4, 0.5) is 18.9 Å². The van der Waals surface area contributed by atoms with Crippen molar-refractivity contribution in [2.75, 3.05) is 11.1 Å². The molecular formula is C12H11F3N2S2. The molecule has 19 heavy (non-hydrogen) atoms. The summed E-state index contributed by atoms with van der Waals surface area (Å²) in [6, 6.07) is 6.97. The Balaban J connectivity index is 1.99. The molecule has 0 spiro atoms. The van der Waals surface area contributed by atoms with E-state index >= 15 is 0 Å². The Bertz CT molecular complexity index is 512. The molecule has 0 atom stereocenters. The molecule has 1 N–H and O–H groups in total. The fraction of sp³-hybridized carbons (Fsp3) is 0.250. The number of thioether (sulfide) groups is 1. The highest BCUT2D eigenvalue weighted by molar-refractivity contribution is 7.99. The zero-order valence-corrected chi connectivity index (χ0v) is 11.4. The Kier molecular flexibility index (Phi) is 4.71. The minimum atomic E-state index is -4.16. The molecule has 1 heterocycles. The van der Waals surface area contributed by atoms with Gasteiger partial charge in [0.05, 0.1) is 23.5 Å². The van der Waals surface area contributed by atoms with Crippen molar-refractivity contribution < 1.29 is 13.2 Å². The number of rotatable bonds is 5. The lowest BCUT2D eigenvalue weighted by Gasteiger charge is -2.11. The number of anilines is 1. The molecule has 0 saturated heterocycles. The van der Waals surface area contributed by atoms with E-state index in [0.29, 0.717) is 17.1 Å². The van der Waals surface area contributed by atoms with Crippen LogP contribution in [0.2, 0.25) is 0 Å². The van der Waals surface area contributed by atoms with Gasteiger partial charge in [0, 0.05) is 16.0 Å². The lowest BCUT2D eigenvalue weighted by molar-refractivity contribution is -0.105. The van der Waals surface area contributed by atoms with E-state index in [1.165, 1.54) is 11.3 Å². The van der Waals surface area contributed by atoms with Crippen molar-refractivity contribution in [1.29, 1.82) is 0 Å². The Morgan fingerprint density at radius 2 is 2.05 bits per heavy atom. The number of nitrogens with zero attached hydrogens (tertiary/aromatic N) is 1. The van der Waals surface area contributed by atoms with Crippen LogP contribution in [0.1, 0.15) is 5.69 Å². The first-order chi connectivity index (χ1) is 9.04. The molecular weight excluding hydrogens is 293 g/mol. The third-order valence-corrected chi connectivity index (χ3v) is 4.00. The lowest BCUT2D eigenvalue weighted by Crippen LogP contribution is -2.11. The predicted molar refractivity (Wildman–Crippen MR) is 72.7 cm³/mol. The molecule has 2 nitrogen and oxygen atoms in total. The smallest absolute Gasteiger partial charge is 0.378 e. The number of benzene rings is 1. The van der Waals surface area contributed by atoms with Gasteiger partial charge in [0.1, 0.15) is 0 Å². The summed E-state index contributed by atoms with van der Waals surface area (Å²) in [6.07, 6.45) is -4.16. The van der Waals surface area contributed by atoms with Crippen LogP contribution in [0.5, 0.6) is 0 Å². The van der Waals surface area contributed by atoms with Crippen molar-refractivity contribution in [3.05, 3.63) is 40.8 Å². The number of aromatic nitrogens is 1. The molecule has 0 unspecified atom stereocenters. The molecule has 0 radical (unpaired) electrons. The highest BCUT2D eigenvalue weighted by Gasteiger charge is 2.27. The van der Waals surface area contributed by atoms with Crippen molar-refractivity contribution in [3.8, 4) is 0 Å². The number of hydrogen-bond donors (Lipinski definition) is 1. The van der Waals surface area contributed by atoms with Crippen LogP contribution in [0.15, 0.2) is 40.1 Å². The lowest BCUT2D eigenvalue weighted by atomic mass is 10.3. The van der Waals surface area contributed by atoms with Gasteiger partial charge in [-0.25, -0.2) is 4.98 Å². The Morgan fingerprint density at radius 3 is 2.74 bits per heavy atom. The van der Waals surface area contributed by atoms with Crippen LogP contribution < -0.4 is 5.32 Å². The van der Waals surface area contributed by atoms with Crippen molar-refractivity contribution in [2.24, 2.45) is 0 Å². The SMILES string of the molecule is FC(F)(F)CSc1ccccc1NCc1cscn1. The summed E-state index contributed by atoms with van der Waals surface area (Å²) in [5, 5.41) is 5.01. The van der Waals surface area contributed by atoms with Gasteiger partial charge in [0.2, 0.25) is 0 Å². The molecule has 2 rings (SSSR count). The Hall–Kier alpha value is -1.21. The van der Waals surface area contributed by atoms with Crippen LogP contribution in [-0.2, 0) is 6.54 Å². The Labute approximate surface area is 117 Å². The quantitative estimate of drug-likeness (QED) is 0.828. The molecule has 2 aromatic rings. The van der Waals surface area contributed by atoms with Gasteiger partial charge in [-0.2, -0.15) is 13.2 Å². The Morgan fingerprint density at radius 1 is 1.26 bits per heavy atom. The first-order valence-corrected chi connectivity index (χ1v) is 7.37. The van der Waals surface area contributed by atoms with Crippen LogP contribution in [-0.4, -0.2) is 16.9 Å². The second kappa shape index (κ2) is 6.29. The minimum Gasteiger partial charge on any atom is -0.378 e. The maximum Gasteiger partial charge on any atom is 0.398 e. The molecule has 1 aromatic heterocycles. The van der Waals surface area contributed by atoms with Crippen molar-refractivity contribution in [3.63, 3.8) is 0 Å². The van der Waals surface area contributed by atoms with Gasteiger partial charge < -0.3 is 5.32 Å². The molecule has 0 bridgehead atoms. The molecule has 0 amide bonds. The van der Waals surface area contributed by atoms with Gasteiger partial charge in [-0.15, -0.1) is 23.1 Å². The molecule has 7 heteroatoms. The standard InChI is InChI=1S/C12H11F3N2S2/c13-12(14,15)7-19-11-4-2-1-3-10(11)16-5-9-6-18-8-17-9/h1-4,6,8,16H,5,7H2. The first-order valence-electron chi connectivity index (χ1n) is 5.44. The topological polar surface area (TPSA) is 24.9 Å². The van der Waals surface area contributed by atoms with Crippen LogP contribution in [0, 0.1) is 0 Å². The van der Waals surface area contributed by atoms with E-state index in [1.807, 2.05) is 5.38 Å². The summed E-state index contributed by atoms with van der Waals surface area (Å²) in [5.41, 5.74) is 3.30. The van der Waals surface area contributed by atoms with E-state index in [2.05, 4.69) is 10.3 Å². The highest BCUT2D eigenvalue weighted by atomic mass is 32.2. The molecule has 0 aliphatic heterocycles. The number of hydrogen-bond acceptors (Lipinski definition) is 4. The van der Waals surface area contributed by atoms with E-state index in [0.717, 1.165) is 17.5 Å². The average molecular weight is 304 g/mol. The summed E-state index contributed by atoms with van der Waals surface area (Å²) in [4.78, 5) is 4.71. The summed E-state index contributed by atoms with van der Waals surface area (Å²) < 4.78 is 36.7. The largest absolute Gasteiger partial charge is 0.398 e. The maximum atomic E-state index is 12.2. The minimum absolute atomic E-state index is 0.507. The van der Waals surface area contributed by atoms with Crippen LogP contribution >= 0.6 is 23.1 Å². The van der Waals surface area contributed by atoms with Gasteiger partial charge in [-0.05, 0) is 12.1 Å². The zero-order valence-electron chi connectivity index (χ0n) is 9.78. The van der Waals surface area contributed by atoms with E-state index in [-0.39, 0.29) is 0 Å². The molecule has 1 aromatic carbocycles. The fourth-order valence-electron chi connectivity index (χ4n) is 1.41. The second-order valence-corrected chi connectivity index (χ2v) is 5.47. The first kappa shape index (κ1) is 14.2. The van der Waals surface area contributed by atoms with Crippen LogP contribution in [0.3, 0.4) is 0 Å².